The molecule has 1 aromatic carbocycles. The van der Waals surface area contributed by atoms with E-state index in [1.807, 2.05) is 0 Å². The summed E-state index contributed by atoms with van der Waals surface area (Å²) in [4.78, 5) is 23.2. The zero-order chi connectivity index (χ0) is 15.0. The van der Waals surface area contributed by atoms with Crippen molar-refractivity contribution in [1.82, 2.24) is 5.32 Å². The second-order valence-corrected chi connectivity index (χ2v) is 5.79. The molecule has 1 aliphatic rings. The molecule has 3 N–H and O–H groups in total. The highest BCUT2D eigenvalue weighted by atomic mass is 16.4. The fourth-order valence-electron chi connectivity index (χ4n) is 2.02. The van der Waals surface area contributed by atoms with E-state index in [-0.39, 0.29) is 5.91 Å². The highest BCUT2D eigenvalue weighted by Gasteiger charge is 2.51. The molecule has 2 rings (SSSR count). The molecule has 0 heterocycles. The predicted molar refractivity (Wildman–Crippen MR) is 76.8 cm³/mol. The van der Waals surface area contributed by atoms with E-state index in [0.29, 0.717) is 18.5 Å². The van der Waals surface area contributed by atoms with Gasteiger partial charge in [0.25, 0.3) is 0 Å². The topological polar surface area (TPSA) is 78.4 Å². The summed E-state index contributed by atoms with van der Waals surface area (Å²) < 4.78 is 0. The number of hydrogen-bond acceptors (Lipinski definition) is 3. The molecule has 0 unspecified atom stereocenters. The Morgan fingerprint density at radius 3 is 2.15 bits per heavy atom. The molecule has 0 aromatic heterocycles. The number of carbonyl (C=O) groups is 2. The Morgan fingerprint density at radius 1 is 1.20 bits per heavy atom. The summed E-state index contributed by atoms with van der Waals surface area (Å²) in [7, 11) is 1.73. The van der Waals surface area contributed by atoms with Gasteiger partial charge in [-0.25, -0.2) is 0 Å². The summed E-state index contributed by atoms with van der Waals surface area (Å²) in [6.07, 6.45) is 1.36. The van der Waals surface area contributed by atoms with Crippen molar-refractivity contribution in [2.45, 2.75) is 37.6 Å². The van der Waals surface area contributed by atoms with Gasteiger partial charge in [-0.2, -0.15) is 0 Å². The molecule has 5 heteroatoms. The average molecular weight is 276 g/mol. The summed E-state index contributed by atoms with van der Waals surface area (Å²) in [5.74, 6) is -0.905. The van der Waals surface area contributed by atoms with Crippen molar-refractivity contribution in [3.05, 3.63) is 29.8 Å². The van der Waals surface area contributed by atoms with Crippen molar-refractivity contribution in [2.24, 2.45) is 0 Å². The number of nitrogens with one attached hydrogen (secondary N) is 2. The molecule has 108 valence electrons. The largest absolute Gasteiger partial charge is 0.481 e. The van der Waals surface area contributed by atoms with Crippen LogP contribution in [-0.4, -0.2) is 29.6 Å². The number of amides is 1. The Kier molecular flexibility index (Phi) is 3.56. The zero-order valence-electron chi connectivity index (χ0n) is 12.0. The first-order valence-electron chi connectivity index (χ1n) is 6.66. The number of anilines is 1. The Hall–Kier alpha value is -1.88. The van der Waals surface area contributed by atoms with E-state index in [1.54, 1.807) is 45.2 Å². The lowest BCUT2D eigenvalue weighted by Gasteiger charge is -2.22. The minimum Gasteiger partial charge on any atom is -0.481 e. The van der Waals surface area contributed by atoms with Crippen LogP contribution in [0, 0.1) is 0 Å². The SMILES string of the molecule is CNC(C)(C)C(=O)Nc1ccc(C2(C(=O)O)CC2)cc1. The summed E-state index contributed by atoms with van der Waals surface area (Å²) in [5.41, 5.74) is 0.115. The van der Waals surface area contributed by atoms with Crippen molar-refractivity contribution in [1.29, 1.82) is 0 Å². The van der Waals surface area contributed by atoms with Gasteiger partial charge < -0.3 is 15.7 Å². The Bertz CT molecular complexity index is 531. The fraction of sp³-hybridized carbons (Fsp3) is 0.467. The number of aliphatic carboxylic acids is 1. The third-order valence-corrected chi connectivity index (χ3v) is 4.05. The molecule has 1 aromatic rings. The van der Waals surface area contributed by atoms with Crippen molar-refractivity contribution in [3.63, 3.8) is 0 Å². The lowest BCUT2D eigenvalue weighted by molar-refractivity contribution is -0.140. The van der Waals surface area contributed by atoms with Crippen LogP contribution in [0.25, 0.3) is 0 Å². The monoisotopic (exact) mass is 276 g/mol. The lowest BCUT2D eigenvalue weighted by Crippen LogP contribution is -2.47. The van der Waals surface area contributed by atoms with Crippen LogP contribution >= 0.6 is 0 Å². The maximum absolute atomic E-state index is 12.0. The Labute approximate surface area is 118 Å². The summed E-state index contributed by atoms with van der Waals surface area (Å²) in [6.45, 7) is 3.58. The number of carboxylic acids is 1. The van der Waals surface area contributed by atoms with E-state index in [0.717, 1.165) is 5.56 Å². The number of hydrogen-bond donors (Lipinski definition) is 3. The summed E-state index contributed by atoms with van der Waals surface area (Å²) >= 11 is 0. The highest BCUT2D eigenvalue weighted by Crippen LogP contribution is 2.48. The van der Waals surface area contributed by atoms with Gasteiger partial charge in [0.2, 0.25) is 5.91 Å². The minimum atomic E-state index is -0.773. The fourth-order valence-corrected chi connectivity index (χ4v) is 2.02. The predicted octanol–water partition coefficient (Wildman–Crippen LogP) is 1.74. The van der Waals surface area contributed by atoms with Gasteiger partial charge in [0, 0.05) is 5.69 Å². The molecule has 0 aliphatic heterocycles. The van der Waals surface area contributed by atoms with Crippen LogP contribution in [0.4, 0.5) is 5.69 Å². The summed E-state index contributed by atoms with van der Waals surface area (Å²) in [6, 6.07) is 7.07. The third-order valence-electron chi connectivity index (χ3n) is 4.05. The molecule has 0 saturated heterocycles. The van der Waals surface area contributed by atoms with Crippen LogP contribution in [0.2, 0.25) is 0 Å². The van der Waals surface area contributed by atoms with Crippen molar-refractivity contribution >= 4 is 17.6 Å². The number of benzene rings is 1. The molecule has 1 fully saturated rings. The first kappa shape index (κ1) is 14.5. The van der Waals surface area contributed by atoms with Crippen molar-refractivity contribution in [2.75, 3.05) is 12.4 Å². The van der Waals surface area contributed by atoms with Crippen LogP contribution in [0.1, 0.15) is 32.3 Å². The lowest BCUT2D eigenvalue weighted by atomic mass is 9.96. The van der Waals surface area contributed by atoms with Gasteiger partial charge in [-0.1, -0.05) is 12.1 Å². The first-order chi connectivity index (χ1) is 9.32. The molecule has 0 radical (unpaired) electrons. The normalized spacial score (nSPS) is 16.6. The van der Waals surface area contributed by atoms with E-state index in [1.165, 1.54) is 0 Å². The quantitative estimate of drug-likeness (QED) is 0.765. The third kappa shape index (κ3) is 2.54. The average Bonchev–Trinajstić information content (AvgIpc) is 3.21. The second kappa shape index (κ2) is 4.90. The van der Waals surface area contributed by atoms with E-state index < -0.39 is 16.9 Å². The number of likely N-dealkylation sites (N-methyl/N-ethyl adjacent to an activating group) is 1. The molecule has 0 spiro atoms. The van der Waals surface area contributed by atoms with Crippen molar-refractivity contribution in [3.8, 4) is 0 Å². The smallest absolute Gasteiger partial charge is 0.314 e. The summed E-state index contributed by atoms with van der Waals surface area (Å²) in [5, 5.41) is 15.0. The van der Waals surface area contributed by atoms with Gasteiger partial charge in [0.15, 0.2) is 0 Å². The highest BCUT2D eigenvalue weighted by molar-refractivity contribution is 5.97. The standard InChI is InChI=1S/C15H20N2O3/c1-14(2,16-3)12(18)17-11-6-4-10(5-7-11)15(8-9-15)13(19)20/h4-7,16H,8-9H2,1-3H3,(H,17,18)(H,19,20). The molecule has 20 heavy (non-hydrogen) atoms. The molecule has 1 aliphatic carbocycles. The minimum absolute atomic E-state index is 0.132. The molecule has 5 nitrogen and oxygen atoms in total. The van der Waals surface area contributed by atoms with Gasteiger partial charge >= 0.3 is 5.97 Å². The van der Waals surface area contributed by atoms with E-state index >= 15 is 0 Å². The molecular formula is C15H20N2O3. The molecule has 0 bridgehead atoms. The van der Waals surface area contributed by atoms with E-state index in [4.69, 9.17) is 0 Å². The van der Waals surface area contributed by atoms with Crippen LogP contribution in [-0.2, 0) is 15.0 Å². The molecule has 0 atom stereocenters. The van der Waals surface area contributed by atoms with Crippen LogP contribution < -0.4 is 10.6 Å². The van der Waals surface area contributed by atoms with Gasteiger partial charge in [0.05, 0.1) is 11.0 Å². The van der Waals surface area contributed by atoms with Crippen LogP contribution in [0.5, 0.6) is 0 Å². The maximum Gasteiger partial charge on any atom is 0.314 e. The Balaban J connectivity index is 2.10. The van der Waals surface area contributed by atoms with Gasteiger partial charge in [-0.3, -0.25) is 9.59 Å². The van der Waals surface area contributed by atoms with Gasteiger partial charge in [-0.05, 0) is 51.4 Å². The number of carbonyl (C=O) groups excluding carboxylic acids is 1. The molecule has 1 saturated carbocycles. The number of carboxylic acid groups (broad SMARTS) is 1. The van der Waals surface area contributed by atoms with Crippen LogP contribution in [0.3, 0.4) is 0 Å². The Morgan fingerprint density at radius 2 is 1.75 bits per heavy atom. The first-order valence-corrected chi connectivity index (χ1v) is 6.66. The molecule has 1 amide bonds. The van der Waals surface area contributed by atoms with Gasteiger partial charge in [-0.15, -0.1) is 0 Å². The van der Waals surface area contributed by atoms with E-state index in [2.05, 4.69) is 10.6 Å². The zero-order valence-corrected chi connectivity index (χ0v) is 12.0. The molecular weight excluding hydrogens is 256 g/mol. The van der Waals surface area contributed by atoms with Gasteiger partial charge in [0.1, 0.15) is 0 Å². The number of rotatable bonds is 5. The van der Waals surface area contributed by atoms with E-state index in [9.17, 15) is 14.7 Å². The maximum atomic E-state index is 12.0. The van der Waals surface area contributed by atoms with Crippen LogP contribution in [0.15, 0.2) is 24.3 Å². The van der Waals surface area contributed by atoms with Crippen molar-refractivity contribution < 1.29 is 14.7 Å². The second-order valence-electron chi connectivity index (χ2n) is 5.79.